The van der Waals surface area contributed by atoms with E-state index >= 15 is 0 Å². The van der Waals surface area contributed by atoms with Crippen LogP contribution in [0.5, 0.6) is 0 Å². The molecule has 0 N–H and O–H groups in total. The Morgan fingerprint density at radius 3 is 2.27 bits per heavy atom. The van der Waals surface area contributed by atoms with Gasteiger partial charge in [0.2, 0.25) is 0 Å². The van der Waals surface area contributed by atoms with Gasteiger partial charge in [0.25, 0.3) is 0 Å². The molecule has 0 heterocycles. The lowest BCUT2D eigenvalue weighted by molar-refractivity contribution is 0.179. The van der Waals surface area contributed by atoms with Gasteiger partial charge in [0, 0.05) is 0 Å². The van der Waals surface area contributed by atoms with Crippen LogP contribution in [0.1, 0.15) is 38.5 Å². The molecule has 0 aliphatic heterocycles. The summed E-state index contributed by atoms with van der Waals surface area (Å²) in [7, 11) is 0. The van der Waals surface area contributed by atoms with Crippen molar-refractivity contribution < 1.29 is 0 Å². The van der Waals surface area contributed by atoms with Gasteiger partial charge in [-0.25, -0.2) is 0 Å². The highest BCUT2D eigenvalue weighted by Crippen LogP contribution is 2.48. The summed E-state index contributed by atoms with van der Waals surface area (Å²) in [5, 5.41) is 0. The van der Waals surface area contributed by atoms with Crippen molar-refractivity contribution in [1.82, 2.24) is 0 Å². The van der Waals surface area contributed by atoms with Crippen LogP contribution in [0.3, 0.4) is 0 Å². The first-order valence-corrected chi connectivity index (χ1v) is 5.08. The Morgan fingerprint density at radius 2 is 1.55 bits per heavy atom. The lowest BCUT2D eigenvalue weighted by atomic mass is 9.69. The van der Waals surface area contributed by atoms with E-state index < -0.39 is 0 Å². The first-order valence-electron chi connectivity index (χ1n) is 5.08. The molecular weight excluding hydrogens is 132 g/mol. The highest BCUT2D eigenvalue weighted by atomic mass is 14.4. The van der Waals surface area contributed by atoms with Gasteiger partial charge in [0.15, 0.2) is 0 Å². The third-order valence-electron chi connectivity index (χ3n) is 3.84. The maximum atomic E-state index is 2.56. The predicted octanol–water partition coefficient (Wildman–Crippen LogP) is 3.14. The summed E-state index contributed by atoms with van der Waals surface area (Å²) in [6, 6.07) is 0. The second-order valence-corrected chi connectivity index (χ2v) is 4.81. The summed E-state index contributed by atoms with van der Waals surface area (Å²) >= 11 is 0. The maximum Gasteiger partial charge on any atom is -0.0291 e. The molecule has 2 saturated carbocycles. The summed E-state index contributed by atoms with van der Waals surface area (Å²) in [6.45, 7) is 0. The van der Waals surface area contributed by atoms with Crippen molar-refractivity contribution >= 4 is 0 Å². The van der Waals surface area contributed by atoms with Gasteiger partial charge < -0.3 is 0 Å². The first kappa shape index (κ1) is 6.28. The zero-order valence-corrected chi connectivity index (χ0v) is 7.05. The fourth-order valence-corrected chi connectivity index (χ4v) is 3.55. The standard InChI is InChI=1S/C11H16/c1-2-9-5-10-3-8(1)4-11(6-9)7-10/h1,9-11H,2-7H2. The SMILES string of the molecule is C1=C2CC3CC(C1)CC(C2)C3. The van der Waals surface area contributed by atoms with Crippen molar-refractivity contribution in [2.75, 3.05) is 0 Å². The minimum Gasteiger partial charge on any atom is -0.0850 e. The molecule has 4 aliphatic carbocycles. The van der Waals surface area contributed by atoms with Crippen LogP contribution in [-0.2, 0) is 0 Å². The Kier molecular flexibility index (Phi) is 1.21. The summed E-state index contributed by atoms with van der Waals surface area (Å²) in [5.41, 5.74) is 1.81. The lowest BCUT2D eigenvalue weighted by Crippen LogP contribution is -2.25. The Bertz CT molecular complexity index is 186. The number of rotatable bonds is 0. The second-order valence-electron chi connectivity index (χ2n) is 4.81. The lowest BCUT2D eigenvalue weighted by Gasteiger charge is -2.37. The van der Waals surface area contributed by atoms with Crippen LogP contribution < -0.4 is 0 Å². The van der Waals surface area contributed by atoms with E-state index in [1.54, 1.807) is 19.3 Å². The Balaban J connectivity index is 1.98. The van der Waals surface area contributed by atoms with Gasteiger partial charge in [-0.2, -0.15) is 0 Å². The monoisotopic (exact) mass is 148 g/mol. The molecule has 4 aliphatic rings. The Hall–Kier alpha value is -0.260. The molecule has 0 nitrogen and oxygen atoms in total. The number of allylic oxidation sites excluding steroid dienone is 2. The van der Waals surface area contributed by atoms with E-state index in [1.807, 2.05) is 5.57 Å². The van der Waals surface area contributed by atoms with Crippen LogP contribution in [0.4, 0.5) is 0 Å². The molecule has 0 saturated heterocycles. The van der Waals surface area contributed by atoms with Crippen LogP contribution in [-0.4, -0.2) is 0 Å². The highest BCUT2D eigenvalue weighted by Gasteiger charge is 2.35. The molecule has 0 radical (unpaired) electrons. The van der Waals surface area contributed by atoms with Crippen molar-refractivity contribution in [3.63, 3.8) is 0 Å². The molecule has 0 heteroatoms. The van der Waals surface area contributed by atoms with E-state index in [4.69, 9.17) is 0 Å². The van der Waals surface area contributed by atoms with Crippen LogP contribution in [0.2, 0.25) is 0 Å². The molecule has 0 spiro atoms. The summed E-state index contributed by atoms with van der Waals surface area (Å²) < 4.78 is 0. The van der Waals surface area contributed by atoms with E-state index in [0.29, 0.717) is 0 Å². The molecule has 11 heavy (non-hydrogen) atoms. The average molecular weight is 148 g/mol. The minimum absolute atomic E-state index is 1.08. The van der Waals surface area contributed by atoms with E-state index in [-0.39, 0.29) is 0 Å². The average Bonchev–Trinajstić information content (AvgIpc) is 2.18. The van der Waals surface area contributed by atoms with Crippen molar-refractivity contribution in [3.8, 4) is 0 Å². The molecular formula is C11H16. The summed E-state index contributed by atoms with van der Waals surface area (Å²) in [6.07, 6.45) is 11.6. The molecule has 4 rings (SSSR count). The maximum absolute atomic E-state index is 2.56. The second kappa shape index (κ2) is 2.12. The minimum atomic E-state index is 1.08. The Labute approximate surface area is 68.7 Å². The first-order chi connectivity index (χ1) is 5.40. The van der Waals surface area contributed by atoms with Crippen molar-refractivity contribution in [3.05, 3.63) is 11.6 Å². The molecule has 0 aromatic carbocycles. The number of fused-ring (bicyclic) bond motifs is 1. The predicted molar refractivity (Wildman–Crippen MR) is 46.3 cm³/mol. The number of hydrogen-bond donors (Lipinski definition) is 0. The smallest absolute Gasteiger partial charge is 0.0291 e. The number of hydrogen-bond acceptors (Lipinski definition) is 0. The Morgan fingerprint density at radius 1 is 0.909 bits per heavy atom. The largest absolute Gasteiger partial charge is 0.0850 e. The molecule has 60 valence electrons. The third-order valence-corrected chi connectivity index (χ3v) is 3.84. The van der Waals surface area contributed by atoms with Crippen molar-refractivity contribution in [2.24, 2.45) is 17.8 Å². The van der Waals surface area contributed by atoms with Gasteiger partial charge >= 0.3 is 0 Å². The van der Waals surface area contributed by atoms with Gasteiger partial charge in [0.05, 0.1) is 0 Å². The molecule has 2 unspecified atom stereocenters. The van der Waals surface area contributed by atoms with Crippen molar-refractivity contribution in [2.45, 2.75) is 38.5 Å². The van der Waals surface area contributed by atoms with E-state index in [0.717, 1.165) is 17.8 Å². The molecule has 0 aromatic rings. The normalized spacial score (nSPS) is 47.3. The quantitative estimate of drug-likeness (QED) is 0.463. The molecule has 0 aromatic heterocycles. The topological polar surface area (TPSA) is 0 Å². The van der Waals surface area contributed by atoms with E-state index in [9.17, 15) is 0 Å². The zero-order chi connectivity index (χ0) is 7.26. The fourth-order valence-electron chi connectivity index (χ4n) is 3.55. The van der Waals surface area contributed by atoms with E-state index in [1.165, 1.54) is 19.3 Å². The molecule has 4 bridgehead atoms. The zero-order valence-electron chi connectivity index (χ0n) is 7.05. The fraction of sp³-hybridized carbons (Fsp3) is 0.818. The van der Waals surface area contributed by atoms with Crippen molar-refractivity contribution in [1.29, 1.82) is 0 Å². The third kappa shape index (κ3) is 0.953. The van der Waals surface area contributed by atoms with E-state index in [2.05, 4.69) is 6.08 Å². The van der Waals surface area contributed by atoms with Crippen LogP contribution in [0, 0.1) is 17.8 Å². The summed E-state index contributed by atoms with van der Waals surface area (Å²) in [4.78, 5) is 0. The van der Waals surface area contributed by atoms with Gasteiger partial charge in [-0.3, -0.25) is 0 Å². The van der Waals surface area contributed by atoms with Gasteiger partial charge in [-0.1, -0.05) is 11.6 Å². The highest BCUT2D eigenvalue weighted by molar-refractivity contribution is 5.13. The summed E-state index contributed by atoms with van der Waals surface area (Å²) in [5.74, 6) is 3.28. The molecule has 2 atom stereocenters. The van der Waals surface area contributed by atoms with Crippen LogP contribution in [0.15, 0.2) is 11.6 Å². The molecule has 0 amide bonds. The molecule has 2 fully saturated rings. The van der Waals surface area contributed by atoms with Gasteiger partial charge in [0.1, 0.15) is 0 Å². The van der Waals surface area contributed by atoms with Gasteiger partial charge in [-0.05, 0) is 56.3 Å². The van der Waals surface area contributed by atoms with Crippen LogP contribution >= 0.6 is 0 Å². The van der Waals surface area contributed by atoms with Gasteiger partial charge in [-0.15, -0.1) is 0 Å². The van der Waals surface area contributed by atoms with Crippen LogP contribution in [0.25, 0.3) is 0 Å².